The number of sulfonamides is 1. The van der Waals surface area contributed by atoms with Gasteiger partial charge in [0.15, 0.2) is 0 Å². The van der Waals surface area contributed by atoms with Crippen LogP contribution in [-0.2, 0) is 21.2 Å². The van der Waals surface area contributed by atoms with E-state index in [-0.39, 0.29) is 18.4 Å². The summed E-state index contributed by atoms with van der Waals surface area (Å²) in [4.78, 5) is 20.6. The van der Waals surface area contributed by atoms with Crippen molar-refractivity contribution in [2.24, 2.45) is 0 Å². The van der Waals surface area contributed by atoms with Crippen molar-refractivity contribution in [1.29, 1.82) is 0 Å². The first kappa shape index (κ1) is 20.1. The summed E-state index contributed by atoms with van der Waals surface area (Å²) in [6.45, 7) is 1.90. The molecule has 5 rings (SSSR count). The number of rotatable bonds is 5. The Hall–Kier alpha value is -1.81. The standard InChI is InChI=1S/C21H23N3O3S3/c25-19(14-15-9-10-20(28-15)30(26,27)23-11-3-4-12-23)24-13-5-7-17(24)21-22-16-6-1-2-8-18(16)29-21/h1-2,6,8-10,17H,3-5,7,11-14H2/t17-/m1/s1. The molecule has 0 N–H and O–H groups in total. The Bertz CT molecular complexity index is 1150. The zero-order valence-corrected chi connectivity index (χ0v) is 18.9. The normalized spacial score (nSPS) is 20.4. The van der Waals surface area contributed by atoms with Gasteiger partial charge in [-0.25, -0.2) is 13.4 Å². The largest absolute Gasteiger partial charge is 0.333 e. The fraction of sp³-hybridized carbons (Fsp3) is 0.429. The Labute approximate surface area is 184 Å². The maximum atomic E-state index is 13.1. The molecule has 4 heterocycles. The average molecular weight is 462 g/mol. The molecule has 3 aromatic rings. The summed E-state index contributed by atoms with van der Waals surface area (Å²) in [6, 6.07) is 11.5. The van der Waals surface area contributed by atoms with Gasteiger partial charge in [-0.3, -0.25) is 4.79 Å². The van der Waals surface area contributed by atoms with Crippen LogP contribution in [0.2, 0.25) is 0 Å². The molecule has 2 fully saturated rings. The van der Waals surface area contributed by atoms with E-state index in [0.29, 0.717) is 17.3 Å². The second-order valence-electron chi connectivity index (χ2n) is 7.77. The highest BCUT2D eigenvalue weighted by atomic mass is 32.2. The van der Waals surface area contributed by atoms with Gasteiger partial charge in [0, 0.05) is 24.5 Å². The van der Waals surface area contributed by atoms with Crippen LogP contribution < -0.4 is 0 Å². The van der Waals surface area contributed by atoms with Gasteiger partial charge >= 0.3 is 0 Å². The molecular formula is C21H23N3O3S3. The molecule has 0 spiro atoms. The summed E-state index contributed by atoms with van der Waals surface area (Å²) in [5.74, 6) is 0.0451. The molecule has 6 nitrogen and oxygen atoms in total. The number of aromatic nitrogens is 1. The molecule has 0 saturated carbocycles. The molecule has 2 aromatic heterocycles. The van der Waals surface area contributed by atoms with Crippen molar-refractivity contribution >= 4 is 48.8 Å². The SMILES string of the molecule is O=C(Cc1ccc(S(=O)(=O)N2CCCC2)s1)N1CCC[C@@H]1c1nc2ccccc2s1. The summed E-state index contributed by atoms with van der Waals surface area (Å²) >= 11 is 2.88. The lowest BCUT2D eigenvalue weighted by Crippen LogP contribution is -2.31. The molecule has 0 aliphatic carbocycles. The molecule has 0 bridgehead atoms. The summed E-state index contributed by atoms with van der Waals surface area (Å²) in [5.41, 5.74) is 0.979. The highest BCUT2D eigenvalue weighted by Crippen LogP contribution is 2.37. The van der Waals surface area contributed by atoms with Gasteiger partial charge in [-0.1, -0.05) is 12.1 Å². The summed E-state index contributed by atoms with van der Waals surface area (Å²) in [5, 5.41) is 0.991. The minimum Gasteiger partial charge on any atom is -0.333 e. The zero-order chi connectivity index (χ0) is 20.7. The van der Waals surface area contributed by atoms with Crippen LogP contribution in [0.5, 0.6) is 0 Å². The maximum Gasteiger partial charge on any atom is 0.252 e. The van der Waals surface area contributed by atoms with E-state index in [1.807, 2.05) is 23.1 Å². The van der Waals surface area contributed by atoms with E-state index >= 15 is 0 Å². The lowest BCUT2D eigenvalue weighted by atomic mass is 10.2. The van der Waals surface area contributed by atoms with Crippen LogP contribution in [0, 0.1) is 0 Å². The number of amides is 1. The van der Waals surface area contributed by atoms with Crippen LogP contribution in [0.25, 0.3) is 10.2 Å². The fourth-order valence-corrected chi connectivity index (χ4v) is 8.39. The van der Waals surface area contributed by atoms with Gasteiger partial charge in [0.2, 0.25) is 5.91 Å². The smallest absolute Gasteiger partial charge is 0.252 e. The first-order valence-corrected chi connectivity index (χ1v) is 13.3. The quantitative estimate of drug-likeness (QED) is 0.575. The van der Waals surface area contributed by atoms with Gasteiger partial charge in [-0.05, 0) is 49.9 Å². The molecule has 9 heteroatoms. The van der Waals surface area contributed by atoms with Gasteiger partial charge in [0.05, 0.1) is 22.7 Å². The van der Waals surface area contributed by atoms with Crippen LogP contribution in [-0.4, -0.2) is 48.1 Å². The predicted molar refractivity (Wildman–Crippen MR) is 119 cm³/mol. The number of nitrogens with zero attached hydrogens (tertiary/aromatic N) is 3. The number of fused-ring (bicyclic) bond motifs is 1. The number of para-hydroxylation sites is 1. The summed E-state index contributed by atoms with van der Waals surface area (Å²) < 4.78 is 28.5. The molecular weight excluding hydrogens is 438 g/mol. The predicted octanol–water partition coefficient (Wildman–Crippen LogP) is 4.05. The topological polar surface area (TPSA) is 70.6 Å². The highest BCUT2D eigenvalue weighted by molar-refractivity contribution is 7.91. The molecule has 2 aliphatic rings. The van der Waals surface area contributed by atoms with Crippen LogP contribution in [0.1, 0.15) is 41.6 Å². The minimum atomic E-state index is -3.42. The number of likely N-dealkylation sites (tertiary alicyclic amines) is 1. The Balaban J connectivity index is 1.32. The van der Waals surface area contributed by atoms with Gasteiger partial charge in [0.25, 0.3) is 10.0 Å². The third-order valence-corrected chi connectivity index (χ3v) is 10.4. The Morgan fingerprint density at radius 3 is 2.63 bits per heavy atom. The highest BCUT2D eigenvalue weighted by Gasteiger charge is 2.33. The van der Waals surface area contributed by atoms with E-state index in [9.17, 15) is 13.2 Å². The average Bonchev–Trinajstić information content (AvgIpc) is 3.54. The monoisotopic (exact) mass is 461 g/mol. The molecule has 1 amide bonds. The van der Waals surface area contributed by atoms with Crippen molar-refractivity contribution in [2.45, 2.75) is 42.4 Å². The van der Waals surface area contributed by atoms with Crippen molar-refractivity contribution in [3.8, 4) is 0 Å². The van der Waals surface area contributed by atoms with E-state index in [0.717, 1.165) is 52.3 Å². The second-order valence-corrected chi connectivity index (χ2v) is 12.2. The molecule has 30 heavy (non-hydrogen) atoms. The number of carbonyl (C=O) groups is 1. The lowest BCUT2D eigenvalue weighted by Gasteiger charge is -2.22. The van der Waals surface area contributed by atoms with Crippen molar-refractivity contribution < 1.29 is 13.2 Å². The number of thiazole rings is 1. The van der Waals surface area contributed by atoms with E-state index < -0.39 is 10.0 Å². The van der Waals surface area contributed by atoms with Crippen molar-refractivity contribution in [3.63, 3.8) is 0 Å². The van der Waals surface area contributed by atoms with E-state index in [2.05, 4.69) is 6.07 Å². The molecule has 2 saturated heterocycles. The first-order chi connectivity index (χ1) is 14.5. The van der Waals surface area contributed by atoms with Gasteiger partial charge in [-0.15, -0.1) is 22.7 Å². The first-order valence-electron chi connectivity index (χ1n) is 10.3. The number of thiophene rings is 1. The van der Waals surface area contributed by atoms with Crippen LogP contribution >= 0.6 is 22.7 Å². The zero-order valence-electron chi connectivity index (χ0n) is 16.5. The molecule has 2 aliphatic heterocycles. The van der Waals surface area contributed by atoms with Crippen molar-refractivity contribution in [3.05, 3.63) is 46.3 Å². The molecule has 1 atom stereocenters. The number of benzene rings is 1. The Kier molecular flexibility index (Phi) is 5.38. The minimum absolute atomic E-state index is 0.0164. The summed E-state index contributed by atoms with van der Waals surface area (Å²) in [7, 11) is -3.42. The molecule has 158 valence electrons. The van der Waals surface area contributed by atoms with Gasteiger partial charge in [-0.2, -0.15) is 4.31 Å². The number of carbonyl (C=O) groups excluding carboxylic acids is 1. The van der Waals surface area contributed by atoms with Crippen LogP contribution in [0.15, 0.2) is 40.6 Å². The fourth-order valence-electron chi connectivity index (χ4n) is 4.25. The molecule has 0 radical (unpaired) electrons. The van der Waals surface area contributed by atoms with E-state index in [1.165, 1.54) is 11.3 Å². The van der Waals surface area contributed by atoms with Crippen molar-refractivity contribution in [2.75, 3.05) is 19.6 Å². The number of hydrogen-bond donors (Lipinski definition) is 0. The van der Waals surface area contributed by atoms with Crippen molar-refractivity contribution in [1.82, 2.24) is 14.2 Å². The third-order valence-electron chi connectivity index (χ3n) is 5.79. The summed E-state index contributed by atoms with van der Waals surface area (Å²) in [6.07, 6.45) is 3.95. The van der Waals surface area contributed by atoms with E-state index in [1.54, 1.807) is 27.8 Å². The number of hydrogen-bond acceptors (Lipinski definition) is 6. The van der Waals surface area contributed by atoms with E-state index in [4.69, 9.17) is 4.98 Å². The van der Waals surface area contributed by atoms with Gasteiger partial charge in [0.1, 0.15) is 9.22 Å². The lowest BCUT2D eigenvalue weighted by molar-refractivity contribution is -0.131. The van der Waals surface area contributed by atoms with Gasteiger partial charge < -0.3 is 4.90 Å². The van der Waals surface area contributed by atoms with Crippen LogP contribution in [0.4, 0.5) is 0 Å². The third kappa shape index (κ3) is 3.68. The Morgan fingerprint density at radius 2 is 1.83 bits per heavy atom. The van der Waals surface area contributed by atoms with Crippen LogP contribution in [0.3, 0.4) is 0 Å². The molecule has 0 unspecified atom stereocenters. The maximum absolute atomic E-state index is 13.1. The Morgan fingerprint density at radius 1 is 1.03 bits per heavy atom. The second kappa shape index (κ2) is 8.03. The molecule has 1 aromatic carbocycles.